The number of rotatable bonds is 2. The predicted octanol–water partition coefficient (Wildman–Crippen LogP) is 4.87. The van der Waals surface area contributed by atoms with Crippen molar-refractivity contribution in [2.45, 2.75) is 18.6 Å². The van der Waals surface area contributed by atoms with Crippen LogP contribution in [0, 0.1) is 0 Å². The average molecular weight is 346 g/mol. The largest absolute Gasteiger partial charge is 0.416 e. The molecule has 0 bridgehead atoms. The summed E-state index contributed by atoms with van der Waals surface area (Å²) in [5, 5.41) is 0.974. The zero-order valence-corrected chi connectivity index (χ0v) is 13.4. The monoisotopic (exact) mass is 346 g/mol. The Kier molecular flexibility index (Phi) is 3.72. The summed E-state index contributed by atoms with van der Waals surface area (Å²) in [4.78, 5) is 0. The van der Waals surface area contributed by atoms with E-state index in [0.29, 0.717) is 18.9 Å². The SMILES string of the molecule is Nc1ccc2c(c1)cc(-c1ccc(C(F)(F)F)cc1)n2C1CCOC1. The highest BCUT2D eigenvalue weighted by Gasteiger charge is 2.30. The van der Waals surface area contributed by atoms with Gasteiger partial charge in [0.15, 0.2) is 0 Å². The van der Waals surface area contributed by atoms with Gasteiger partial charge >= 0.3 is 6.18 Å². The molecule has 1 fully saturated rings. The summed E-state index contributed by atoms with van der Waals surface area (Å²) in [6, 6.07) is 13.1. The van der Waals surface area contributed by atoms with Gasteiger partial charge in [-0.05, 0) is 48.4 Å². The van der Waals surface area contributed by atoms with Crippen molar-refractivity contribution in [1.82, 2.24) is 4.57 Å². The van der Waals surface area contributed by atoms with Gasteiger partial charge in [-0.1, -0.05) is 12.1 Å². The number of benzene rings is 2. The van der Waals surface area contributed by atoms with E-state index in [1.54, 1.807) is 0 Å². The normalized spacial score (nSPS) is 18.1. The molecule has 0 saturated carbocycles. The van der Waals surface area contributed by atoms with Crippen molar-refractivity contribution in [1.29, 1.82) is 0 Å². The summed E-state index contributed by atoms with van der Waals surface area (Å²) in [6.45, 7) is 1.29. The first-order valence-corrected chi connectivity index (χ1v) is 8.09. The molecule has 1 saturated heterocycles. The average Bonchev–Trinajstić information content (AvgIpc) is 3.20. The zero-order chi connectivity index (χ0) is 17.6. The molecule has 0 amide bonds. The lowest BCUT2D eigenvalue weighted by Crippen LogP contribution is -2.10. The second kappa shape index (κ2) is 5.81. The Bertz CT molecular complexity index is 907. The Hall–Kier alpha value is -2.47. The van der Waals surface area contributed by atoms with Gasteiger partial charge in [-0.3, -0.25) is 0 Å². The van der Waals surface area contributed by atoms with Crippen LogP contribution in [-0.4, -0.2) is 17.8 Å². The van der Waals surface area contributed by atoms with Gasteiger partial charge in [0, 0.05) is 28.9 Å². The summed E-state index contributed by atoms with van der Waals surface area (Å²) in [6.07, 6.45) is -3.46. The third kappa shape index (κ3) is 2.87. The van der Waals surface area contributed by atoms with Crippen molar-refractivity contribution in [2.75, 3.05) is 18.9 Å². The molecule has 1 aliphatic rings. The van der Waals surface area contributed by atoms with E-state index in [9.17, 15) is 13.2 Å². The summed E-state index contributed by atoms with van der Waals surface area (Å²) < 4.78 is 46.1. The minimum absolute atomic E-state index is 0.165. The van der Waals surface area contributed by atoms with Crippen LogP contribution in [0.2, 0.25) is 0 Å². The highest BCUT2D eigenvalue weighted by Crippen LogP contribution is 2.36. The molecule has 25 heavy (non-hydrogen) atoms. The lowest BCUT2D eigenvalue weighted by Gasteiger charge is -2.17. The van der Waals surface area contributed by atoms with E-state index in [2.05, 4.69) is 4.57 Å². The van der Waals surface area contributed by atoms with Crippen molar-refractivity contribution in [2.24, 2.45) is 0 Å². The topological polar surface area (TPSA) is 40.2 Å². The maximum Gasteiger partial charge on any atom is 0.416 e. The van der Waals surface area contributed by atoms with E-state index in [0.717, 1.165) is 40.7 Å². The number of nitrogens with two attached hydrogens (primary N) is 1. The molecule has 4 rings (SSSR count). The third-order valence-corrected chi connectivity index (χ3v) is 4.64. The first-order valence-electron chi connectivity index (χ1n) is 8.09. The summed E-state index contributed by atoms with van der Waals surface area (Å²) in [7, 11) is 0. The minimum atomic E-state index is -4.33. The van der Waals surface area contributed by atoms with Gasteiger partial charge in [0.2, 0.25) is 0 Å². The van der Waals surface area contributed by atoms with Crippen LogP contribution in [0.25, 0.3) is 22.2 Å². The fraction of sp³-hybridized carbons (Fsp3) is 0.263. The van der Waals surface area contributed by atoms with E-state index in [4.69, 9.17) is 10.5 Å². The van der Waals surface area contributed by atoms with Crippen molar-refractivity contribution in [3.63, 3.8) is 0 Å². The number of alkyl halides is 3. The fourth-order valence-electron chi connectivity index (χ4n) is 3.43. The van der Waals surface area contributed by atoms with Crippen molar-refractivity contribution < 1.29 is 17.9 Å². The number of hydrogen-bond acceptors (Lipinski definition) is 2. The molecule has 3 nitrogen and oxygen atoms in total. The third-order valence-electron chi connectivity index (χ3n) is 4.64. The van der Waals surface area contributed by atoms with Gasteiger partial charge in [0.05, 0.1) is 18.2 Å². The molecule has 0 spiro atoms. The molecule has 6 heteroatoms. The number of fused-ring (bicyclic) bond motifs is 1. The first kappa shape index (κ1) is 16.0. The van der Waals surface area contributed by atoms with Crippen LogP contribution in [0.3, 0.4) is 0 Å². The molecule has 1 unspecified atom stereocenters. The molecule has 0 aliphatic carbocycles. The van der Waals surface area contributed by atoms with Gasteiger partial charge in [-0.25, -0.2) is 0 Å². The maximum absolute atomic E-state index is 12.8. The Morgan fingerprint density at radius 1 is 1.04 bits per heavy atom. The van der Waals surface area contributed by atoms with Crippen LogP contribution >= 0.6 is 0 Å². The minimum Gasteiger partial charge on any atom is -0.399 e. The van der Waals surface area contributed by atoms with E-state index in [1.165, 1.54) is 12.1 Å². The standard InChI is InChI=1S/C19H17F3N2O/c20-19(21,22)14-3-1-12(2-4-14)18-10-13-9-15(23)5-6-17(13)24(18)16-7-8-25-11-16/h1-6,9-10,16H,7-8,11,23H2. The van der Waals surface area contributed by atoms with Gasteiger partial charge in [-0.15, -0.1) is 0 Å². The zero-order valence-electron chi connectivity index (χ0n) is 13.4. The summed E-state index contributed by atoms with van der Waals surface area (Å²) in [5.74, 6) is 0. The molecule has 1 aromatic heterocycles. The smallest absolute Gasteiger partial charge is 0.399 e. The highest BCUT2D eigenvalue weighted by atomic mass is 19.4. The van der Waals surface area contributed by atoms with Crippen molar-refractivity contribution in [3.05, 3.63) is 54.1 Å². The Morgan fingerprint density at radius 2 is 1.80 bits per heavy atom. The number of nitrogens with zero attached hydrogens (tertiary/aromatic N) is 1. The Labute approximate surface area is 142 Å². The van der Waals surface area contributed by atoms with E-state index >= 15 is 0 Å². The summed E-state index contributed by atoms with van der Waals surface area (Å²) >= 11 is 0. The van der Waals surface area contributed by atoms with E-state index in [-0.39, 0.29) is 6.04 Å². The van der Waals surface area contributed by atoms with Gasteiger partial charge in [-0.2, -0.15) is 13.2 Å². The van der Waals surface area contributed by atoms with Crippen molar-refractivity contribution in [3.8, 4) is 11.3 Å². The maximum atomic E-state index is 12.8. The highest BCUT2D eigenvalue weighted by molar-refractivity contribution is 5.89. The lowest BCUT2D eigenvalue weighted by molar-refractivity contribution is -0.137. The molecule has 2 N–H and O–H groups in total. The number of halogens is 3. The molecule has 3 aromatic rings. The molecule has 1 aliphatic heterocycles. The molecule has 2 aromatic carbocycles. The number of ether oxygens (including phenoxy) is 1. The van der Waals surface area contributed by atoms with Crippen LogP contribution < -0.4 is 5.73 Å². The first-order chi connectivity index (χ1) is 11.9. The number of anilines is 1. The second-order valence-electron chi connectivity index (χ2n) is 6.31. The molecular weight excluding hydrogens is 329 g/mol. The Balaban J connectivity index is 1.87. The fourth-order valence-corrected chi connectivity index (χ4v) is 3.43. The van der Waals surface area contributed by atoms with Crippen molar-refractivity contribution >= 4 is 16.6 Å². The number of nitrogen functional groups attached to an aromatic ring is 1. The van der Waals surface area contributed by atoms with Crippen LogP contribution in [0.4, 0.5) is 18.9 Å². The molecule has 2 heterocycles. The lowest BCUT2D eigenvalue weighted by atomic mass is 10.1. The summed E-state index contributed by atoms with van der Waals surface area (Å²) in [5.41, 5.74) is 8.53. The molecule has 1 atom stereocenters. The van der Waals surface area contributed by atoms with E-state index in [1.807, 2.05) is 24.3 Å². The van der Waals surface area contributed by atoms with Crippen LogP contribution in [0.5, 0.6) is 0 Å². The van der Waals surface area contributed by atoms with Crippen LogP contribution in [0.1, 0.15) is 18.0 Å². The quantitative estimate of drug-likeness (QED) is 0.673. The molecular formula is C19H17F3N2O. The van der Waals surface area contributed by atoms with Gasteiger partial charge < -0.3 is 15.0 Å². The van der Waals surface area contributed by atoms with Crippen LogP contribution in [0.15, 0.2) is 48.5 Å². The number of hydrogen-bond donors (Lipinski definition) is 1. The molecule has 130 valence electrons. The molecule has 0 radical (unpaired) electrons. The van der Waals surface area contributed by atoms with Gasteiger partial charge in [0.1, 0.15) is 0 Å². The predicted molar refractivity (Wildman–Crippen MR) is 91.3 cm³/mol. The van der Waals surface area contributed by atoms with Crippen LogP contribution in [-0.2, 0) is 10.9 Å². The second-order valence-corrected chi connectivity index (χ2v) is 6.31. The van der Waals surface area contributed by atoms with E-state index < -0.39 is 11.7 Å². The number of aromatic nitrogens is 1. The van der Waals surface area contributed by atoms with Gasteiger partial charge in [0.25, 0.3) is 0 Å². The Morgan fingerprint density at radius 3 is 2.44 bits per heavy atom.